The summed E-state index contributed by atoms with van der Waals surface area (Å²) in [5.74, 6) is -1.76. The number of hydrogen-bond acceptors (Lipinski definition) is 4. The van der Waals surface area contributed by atoms with Crippen molar-refractivity contribution >= 4 is 29.2 Å². The average Bonchev–Trinajstić information content (AvgIpc) is 2.57. The topological polar surface area (TPSA) is 68.3 Å². The van der Waals surface area contributed by atoms with Crippen LogP contribution in [-0.2, 0) is 4.79 Å². The van der Waals surface area contributed by atoms with Gasteiger partial charge in [0.05, 0.1) is 0 Å². The second-order valence-electron chi connectivity index (χ2n) is 4.87. The number of carbonyl (C=O) groups is 4. The minimum absolute atomic E-state index is 0.134. The molecule has 2 aromatic carbocycles. The van der Waals surface area contributed by atoms with E-state index in [1.165, 1.54) is 18.2 Å². The zero-order valence-corrected chi connectivity index (χ0v) is 11.4. The molecular weight excluding hydrogens is 280 g/mol. The van der Waals surface area contributed by atoms with Crippen LogP contribution < -0.4 is 0 Å². The van der Waals surface area contributed by atoms with Gasteiger partial charge in [-0.25, -0.2) is 0 Å². The Balaban J connectivity index is 2.18. The SMILES string of the molecule is O=Cc1ccc2c(c1)C(C(=O)c1ccccc1)=CC(=O)C2=O. The first-order valence-electron chi connectivity index (χ1n) is 6.61. The van der Waals surface area contributed by atoms with Crippen molar-refractivity contribution in [3.8, 4) is 0 Å². The highest BCUT2D eigenvalue weighted by Gasteiger charge is 2.29. The van der Waals surface area contributed by atoms with Crippen LogP contribution in [0.1, 0.15) is 36.6 Å². The third-order valence-electron chi connectivity index (χ3n) is 3.49. The number of aldehydes is 1. The van der Waals surface area contributed by atoms with E-state index in [1.54, 1.807) is 30.3 Å². The first kappa shape index (κ1) is 13.8. The third kappa shape index (κ3) is 2.20. The maximum absolute atomic E-state index is 12.6. The highest BCUT2D eigenvalue weighted by Crippen LogP contribution is 2.28. The summed E-state index contributed by atoms with van der Waals surface area (Å²) < 4.78 is 0. The number of allylic oxidation sites excluding steroid dienone is 2. The molecule has 0 atom stereocenters. The number of benzene rings is 2. The van der Waals surface area contributed by atoms with E-state index in [9.17, 15) is 19.2 Å². The summed E-state index contributed by atoms with van der Waals surface area (Å²) >= 11 is 0. The van der Waals surface area contributed by atoms with Crippen molar-refractivity contribution in [3.63, 3.8) is 0 Å². The lowest BCUT2D eigenvalue weighted by molar-refractivity contribution is -0.111. The molecule has 0 aromatic heterocycles. The van der Waals surface area contributed by atoms with Crippen LogP contribution in [0.5, 0.6) is 0 Å². The molecule has 2 aromatic rings. The van der Waals surface area contributed by atoms with Gasteiger partial charge in [0.15, 0.2) is 5.78 Å². The second-order valence-corrected chi connectivity index (χ2v) is 4.87. The molecule has 0 amide bonds. The molecule has 1 aliphatic rings. The van der Waals surface area contributed by atoms with Gasteiger partial charge in [-0.1, -0.05) is 36.4 Å². The van der Waals surface area contributed by atoms with Gasteiger partial charge in [-0.15, -0.1) is 0 Å². The zero-order chi connectivity index (χ0) is 15.7. The van der Waals surface area contributed by atoms with Crippen molar-refractivity contribution in [3.05, 3.63) is 76.9 Å². The van der Waals surface area contributed by atoms with E-state index in [1.807, 2.05) is 0 Å². The fraction of sp³-hybridized carbons (Fsp3) is 0. The van der Waals surface area contributed by atoms with Crippen molar-refractivity contribution in [2.45, 2.75) is 0 Å². The van der Waals surface area contributed by atoms with Crippen LogP contribution >= 0.6 is 0 Å². The maximum Gasteiger partial charge on any atom is 0.233 e. The van der Waals surface area contributed by atoms with E-state index in [0.717, 1.165) is 6.08 Å². The standard InChI is InChI=1S/C18H10O4/c19-10-11-6-7-13-14(8-11)15(9-16(20)18(13)22)17(21)12-4-2-1-3-5-12/h1-10H. The number of ketones is 3. The molecule has 0 radical (unpaired) electrons. The van der Waals surface area contributed by atoms with Crippen molar-refractivity contribution in [1.82, 2.24) is 0 Å². The van der Waals surface area contributed by atoms with Gasteiger partial charge in [0.1, 0.15) is 6.29 Å². The largest absolute Gasteiger partial charge is 0.298 e. The van der Waals surface area contributed by atoms with Crippen LogP contribution in [-0.4, -0.2) is 23.6 Å². The van der Waals surface area contributed by atoms with Crippen molar-refractivity contribution < 1.29 is 19.2 Å². The van der Waals surface area contributed by atoms with Gasteiger partial charge in [-0.3, -0.25) is 19.2 Å². The second kappa shape index (κ2) is 5.33. The molecule has 0 aliphatic heterocycles. The molecule has 0 unspecified atom stereocenters. The minimum Gasteiger partial charge on any atom is -0.298 e. The lowest BCUT2D eigenvalue weighted by Crippen LogP contribution is -2.21. The smallest absolute Gasteiger partial charge is 0.233 e. The molecule has 22 heavy (non-hydrogen) atoms. The summed E-state index contributed by atoms with van der Waals surface area (Å²) in [4.78, 5) is 47.3. The predicted molar refractivity (Wildman–Crippen MR) is 79.9 cm³/mol. The van der Waals surface area contributed by atoms with Crippen LogP contribution in [0.3, 0.4) is 0 Å². The Morgan fingerprint density at radius 1 is 0.909 bits per heavy atom. The number of fused-ring (bicyclic) bond motifs is 1. The summed E-state index contributed by atoms with van der Waals surface area (Å²) in [6, 6.07) is 12.8. The van der Waals surface area contributed by atoms with Gasteiger partial charge in [0.25, 0.3) is 0 Å². The Morgan fingerprint density at radius 3 is 2.32 bits per heavy atom. The summed E-state index contributed by atoms with van der Waals surface area (Å²) in [5.41, 5.74) is 1.36. The van der Waals surface area contributed by atoms with Crippen LogP contribution in [0.2, 0.25) is 0 Å². The average molecular weight is 290 g/mol. The van der Waals surface area contributed by atoms with Crippen molar-refractivity contribution in [2.75, 3.05) is 0 Å². The summed E-state index contributed by atoms with van der Waals surface area (Å²) in [5, 5.41) is 0. The number of rotatable bonds is 3. The Bertz CT molecular complexity index is 845. The summed E-state index contributed by atoms with van der Waals surface area (Å²) in [7, 11) is 0. The molecule has 0 N–H and O–H groups in total. The summed E-state index contributed by atoms with van der Waals surface area (Å²) in [6.45, 7) is 0. The minimum atomic E-state index is -0.731. The van der Waals surface area contributed by atoms with Crippen molar-refractivity contribution in [2.24, 2.45) is 0 Å². The Morgan fingerprint density at radius 2 is 1.64 bits per heavy atom. The molecule has 0 spiro atoms. The molecular formula is C18H10O4. The van der Waals surface area contributed by atoms with E-state index < -0.39 is 11.6 Å². The van der Waals surface area contributed by atoms with E-state index in [-0.39, 0.29) is 16.9 Å². The molecule has 0 heterocycles. The number of hydrogen-bond donors (Lipinski definition) is 0. The third-order valence-corrected chi connectivity index (χ3v) is 3.49. The highest BCUT2D eigenvalue weighted by molar-refractivity contribution is 6.54. The maximum atomic E-state index is 12.6. The molecule has 4 nitrogen and oxygen atoms in total. The predicted octanol–water partition coefficient (Wildman–Crippen LogP) is 2.53. The monoisotopic (exact) mass is 290 g/mol. The fourth-order valence-electron chi connectivity index (χ4n) is 2.40. The Hall–Kier alpha value is -3.14. The lowest BCUT2D eigenvalue weighted by Gasteiger charge is -2.15. The fourth-order valence-corrected chi connectivity index (χ4v) is 2.40. The Kier molecular flexibility index (Phi) is 3.35. The molecule has 0 bridgehead atoms. The van der Waals surface area contributed by atoms with Crippen LogP contribution in [0.4, 0.5) is 0 Å². The van der Waals surface area contributed by atoms with Gasteiger partial charge in [-0.05, 0) is 17.7 Å². The van der Waals surface area contributed by atoms with Gasteiger partial charge in [0.2, 0.25) is 11.6 Å². The molecule has 4 heteroatoms. The van der Waals surface area contributed by atoms with Gasteiger partial charge in [-0.2, -0.15) is 0 Å². The number of Topliss-reactive ketones (excluding diaryl/α,β-unsaturated/α-hetero) is 2. The lowest BCUT2D eigenvalue weighted by atomic mass is 9.84. The van der Waals surface area contributed by atoms with E-state index >= 15 is 0 Å². The van der Waals surface area contributed by atoms with Gasteiger partial charge in [0, 0.05) is 28.3 Å². The van der Waals surface area contributed by atoms with E-state index in [2.05, 4.69) is 0 Å². The first-order chi connectivity index (χ1) is 10.6. The van der Waals surface area contributed by atoms with Crippen LogP contribution in [0, 0.1) is 0 Å². The molecule has 0 fully saturated rings. The molecule has 106 valence electrons. The van der Waals surface area contributed by atoms with E-state index in [4.69, 9.17) is 0 Å². The highest BCUT2D eigenvalue weighted by atomic mass is 16.2. The molecule has 3 rings (SSSR count). The Labute approximate surface area is 126 Å². The van der Waals surface area contributed by atoms with Gasteiger partial charge < -0.3 is 0 Å². The van der Waals surface area contributed by atoms with E-state index in [0.29, 0.717) is 23.0 Å². The van der Waals surface area contributed by atoms with Crippen LogP contribution in [0.15, 0.2) is 54.6 Å². The first-order valence-corrected chi connectivity index (χ1v) is 6.61. The summed E-state index contributed by atoms with van der Waals surface area (Å²) in [6.07, 6.45) is 1.68. The normalized spacial score (nSPS) is 13.4. The molecule has 0 saturated heterocycles. The molecule has 1 aliphatic carbocycles. The number of carbonyl (C=O) groups excluding carboxylic acids is 4. The quantitative estimate of drug-likeness (QED) is 0.495. The van der Waals surface area contributed by atoms with Crippen LogP contribution in [0.25, 0.3) is 5.57 Å². The molecule has 0 saturated carbocycles. The van der Waals surface area contributed by atoms with Gasteiger partial charge >= 0.3 is 0 Å². The van der Waals surface area contributed by atoms with Crippen molar-refractivity contribution in [1.29, 1.82) is 0 Å². The zero-order valence-electron chi connectivity index (χ0n) is 11.4.